The van der Waals surface area contributed by atoms with Gasteiger partial charge in [-0.05, 0) is 69.2 Å². The van der Waals surface area contributed by atoms with Crippen LogP contribution in [-0.2, 0) is 23.4 Å². The number of hydrogen-bond acceptors (Lipinski definition) is 8. The molecule has 2 aromatic rings. The number of hydrogen-bond donors (Lipinski definition) is 3. The molecule has 11 nitrogen and oxygen atoms in total. The minimum atomic E-state index is -4.41. The van der Waals surface area contributed by atoms with Crippen molar-refractivity contribution in [2.75, 3.05) is 6.61 Å². The number of benzene rings is 2. The molecule has 6 atom stereocenters. The molecule has 0 saturated carbocycles. The minimum Gasteiger partial charge on any atom is -0.462 e. The van der Waals surface area contributed by atoms with Crippen molar-refractivity contribution in [2.45, 2.75) is 63.9 Å². The first-order valence-corrected chi connectivity index (χ1v) is 15.7. The van der Waals surface area contributed by atoms with Crippen LogP contribution in [-0.4, -0.2) is 64.9 Å². The number of nitrogens with zero attached hydrogens (tertiary/aromatic N) is 1. The number of rotatable bonds is 12. The van der Waals surface area contributed by atoms with E-state index in [0.717, 1.165) is 23.0 Å². The predicted molar refractivity (Wildman–Crippen MR) is 163 cm³/mol. The molecule has 0 bridgehead atoms. The van der Waals surface area contributed by atoms with Crippen LogP contribution in [0.25, 0.3) is 12.2 Å². The van der Waals surface area contributed by atoms with Gasteiger partial charge in [0.15, 0.2) is 11.9 Å². The molecule has 3 N–H and O–H groups in total. The third kappa shape index (κ3) is 8.65. The Labute approximate surface area is 260 Å². The fourth-order valence-electron chi connectivity index (χ4n) is 4.45. The molecular weight excluding hydrogens is 611 g/mol. The monoisotopic (exact) mass is 647 g/mol. The van der Waals surface area contributed by atoms with Gasteiger partial charge in [0.2, 0.25) is 0 Å². The Morgan fingerprint density at radius 3 is 2.36 bits per heavy atom. The molecule has 2 aliphatic rings. The van der Waals surface area contributed by atoms with E-state index in [4.69, 9.17) is 18.5 Å². The van der Waals surface area contributed by atoms with Gasteiger partial charge in [0, 0.05) is 11.9 Å². The number of ether oxygens (including phenoxy) is 2. The molecule has 0 aliphatic carbocycles. The van der Waals surface area contributed by atoms with Crippen molar-refractivity contribution in [3.05, 3.63) is 90.0 Å². The molecule has 1 unspecified atom stereocenters. The Balaban J connectivity index is 1.49. The Morgan fingerprint density at radius 2 is 1.78 bits per heavy atom. The predicted octanol–water partition coefficient (Wildman–Crippen LogP) is 5.30. The van der Waals surface area contributed by atoms with E-state index in [1.165, 1.54) is 43.5 Å². The van der Waals surface area contributed by atoms with Crippen molar-refractivity contribution < 1.29 is 46.6 Å². The Morgan fingerprint density at radius 1 is 1.18 bits per heavy atom. The quantitative estimate of drug-likeness (QED) is 0.159. The number of carbonyl (C=O) groups is 2. The van der Waals surface area contributed by atoms with E-state index in [9.17, 15) is 23.7 Å². The molecule has 0 aromatic heterocycles. The molecular formula is C31H36F2N3O8P. The molecule has 242 valence electrons. The van der Waals surface area contributed by atoms with Crippen molar-refractivity contribution in [1.29, 1.82) is 0 Å². The highest BCUT2D eigenvalue weighted by Gasteiger charge is 2.57. The van der Waals surface area contributed by atoms with Crippen LogP contribution in [0.2, 0.25) is 0 Å². The maximum Gasteiger partial charge on any atom is 0.459 e. The number of alkyl halides is 1. The van der Waals surface area contributed by atoms with Crippen molar-refractivity contribution in [1.82, 2.24) is 15.3 Å². The van der Waals surface area contributed by atoms with Gasteiger partial charge in [-0.1, -0.05) is 43.0 Å². The summed E-state index contributed by atoms with van der Waals surface area (Å²) >= 11 is 0. The van der Waals surface area contributed by atoms with Gasteiger partial charge in [-0.3, -0.25) is 14.2 Å². The number of esters is 1. The number of aliphatic hydroxyl groups excluding tert-OH is 1. The van der Waals surface area contributed by atoms with Gasteiger partial charge in [-0.15, -0.1) is 0 Å². The molecule has 2 aromatic carbocycles. The van der Waals surface area contributed by atoms with E-state index in [2.05, 4.69) is 17.0 Å². The third-order valence-corrected chi connectivity index (χ3v) is 8.46. The van der Waals surface area contributed by atoms with Gasteiger partial charge in [-0.25, -0.2) is 18.1 Å². The van der Waals surface area contributed by atoms with Gasteiger partial charge in [0.1, 0.15) is 29.8 Å². The second-order valence-electron chi connectivity index (χ2n) is 11.0. The zero-order valence-corrected chi connectivity index (χ0v) is 26.1. The standard InChI is InChI=1S/C31H36F2N3O8P/c1-19(2)42-28(38)21(4)35-45(40,44-25-14-10-23(11-15-25)7-6-22-8-12-24(32)13-9-22)41-18-26-27(37)31(5,33)29(43-26)36-17-16-20(3)34-30(36)39/h6-17,19,21,26-27,29,37H,3,18H2,1-2,4-5H3,(H,34,39)(H,35,40)/b7-6+/t21-,26+,27+,29+,31+,45?/m0/s1. The molecule has 0 spiro atoms. The van der Waals surface area contributed by atoms with Crippen LogP contribution in [0.1, 0.15) is 38.8 Å². The average Bonchev–Trinajstić information content (AvgIpc) is 3.19. The van der Waals surface area contributed by atoms with Crippen molar-refractivity contribution >= 4 is 31.9 Å². The van der Waals surface area contributed by atoms with Crippen LogP contribution in [0, 0.1) is 5.82 Å². The van der Waals surface area contributed by atoms with E-state index in [1.54, 1.807) is 50.3 Å². The summed E-state index contributed by atoms with van der Waals surface area (Å²) in [6.45, 7) is 8.75. The number of urea groups is 1. The molecule has 2 aliphatic heterocycles. The summed E-state index contributed by atoms with van der Waals surface area (Å²) in [4.78, 5) is 25.9. The first-order valence-electron chi connectivity index (χ1n) is 14.1. The maximum absolute atomic E-state index is 15.7. The molecule has 14 heteroatoms. The van der Waals surface area contributed by atoms with Crippen LogP contribution in [0.3, 0.4) is 0 Å². The van der Waals surface area contributed by atoms with Crippen molar-refractivity contribution in [2.24, 2.45) is 0 Å². The van der Waals surface area contributed by atoms with Crippen molar-refractivity contribution in [3.8, 4) is 5.75 Å². The molecule has 4 rings (SSSR count). The summed E-state index contributed by atoms with van der Waals surface area (Å²) in [5.74, 6) is -0.964. The first-order chi connectivity index (χ1) is 21.2. The third-order valence-electron chi connectivity index (χ3n) is 6.82. The van der Waals surface area contributed by atoms with Crippen LogP contribution < -0.4 is 14.9 Å². The lowest BCUT2D eigenvalue weighted by Crippen LogP contribution is -2.53. The largest absolute Gasteiger partial charge is 0.462 e. The molecule has 2 heterocycles. The average molecular weight is 648 g/mol. The number of nitrogens with one attached hydrogen (secondary N) is 2. The molecule has 1 fully saturated rings. The Bertz CT molecular complexity index is 1500. The first kappa shape index (κ1) is 34.0. The van der Waals surface area contributed by atoms with Gasteiger partial charge < -0.3 is 24.4 Å². The van der Waals surface area contributed by atoms with Crippen LogP contribution in [0.15, 0.2) is 73.1 Å². The highest BCUT2D eigenvalue weighted by molar-refractivity contribution is 7.52. The lowest BCUT2D eigenvalue weighted by atomic mass is 9.98. The Kier molecular flexibility index (Phi) is 10.6. The lowest BCUT2D eigenvalue weighted by Gasteiger charge is -2.33. The van der Waals surface area contributed by atoms with Crippen molar-refractivity contribution in [3.63, 3.8) is 0 Å². The second-order valence-corrected chi connectivity index (χ2v) is 12.7. The van der Waals surface area contributed by atoms with Gasteiger partial charge in [0.05, 0.1) is 12.7 Å². The van der Waals surface area contributed by atoms with E-state index >= 15 is 4.39 Å². The summed E-state index contributed by atoms with van der Waals surface area (Å²) in [6, 6.07) is 10.5. The zero-order chi connectivity index (χ0) is 32.9. The fourth-order valence-corrected chi connectivity index (χ4v) is 5.95. The normalized spacial score (nSPS) is 25.3. The van der Waals surface area contributed by atoms with Crippen LogP contribution in [0.5, 0.6) is 5.75 Å². The topological polar surface area (TPSA) is 136 Å². The molecule has 45 heavy (non-hydrogen) atoms. The number of halogens is 2. The van der Waals surface area contributed by atoms with Gasteiger partial charge in [0.25, 0.3) is 0 Å². The number of carbonyl (C=O) groups excluding carboxylic acids is 2. The second kappa shape index (κ2) is 14.1. The Hall–Kier alpha value is -3.87. The van der Waals surface area contributed by atoms with E-state index in [-0.39, 0.29) is 11.6 Å². The SMILES string of the molecule is C=C1C=CN([C@@H]2O[C@H](COP(=O)(N[C@@H](C)C(=O)OC(C)C)Oc3ccc(/C=C/c4ccc(F)cc4)cc3)[C@@H](O)[C@@]2(C)F)C(=O)N1. The summed E-state index contributed by atoms with van der Waals surface area (Å²) in [6.07, 6.45) is 1.11. The minimum absolute atomic E-state index is 0.102. The maximum atomic E-state index is 15.7. The summed E-state index contributed by atoms with van der Waals surface area (Å²) < 4.78 is 65.0. The van der Waals surface area contributed by atoms with Crippen LogP contribution >= 0.6 is 7.75 Å². The number of amides is 2. The molecule has 2 amide bonds. The van der Waals surface area contributed by atoms with E-state index in [1.807, 2.05) is 0 Å². The molecule has 0 radical (unpaired) electrons. The smallest absolute Gasteiger partial charge is 0.459 e. The number of allylic oxidation sites excluding steroid dienone is 1. The van der Waals surface area contributed by atoms with Crippen LogP contribution in [0.4, 0.5) is 13.6 Å². The summed E-state index contributed by atoms with van der Waals surface area (Å²) in [5.41, 5.74) is -0.620. The zero-order valence-electron chi connectivity index (χ0n) is 25.2. The fraction of sp³-hybridized carbons (Fsp3) is 0.355. The lowest BCUT2D eigenvalue weighted by molar-refractivity contribution is -0.149. The summed E-state index contributed by atoms with van der Waals surface area (Å²) in [7, 11) is -4.41. The highest BCUT2D eigenvalue weighted by Crippen LogP contribution is 2.47. The van der Waals surface area contributed by atoms with E-state index in [0.29, 0.717) is 5.70 Å². The van der Waals surface area contributed by atoms with E-state index < -0.39 is 62.6 Å². The van der Waals surface area contributed by atoms with Gasteiger partial charge >= 0.3 is 19.7 Å². The van der Waals surface area contributed by atoms with Gasteiger partial charge in [-0.2, -0.15) is 5.09 Å². The summed E-state index contributed by atoms with van der Waals surface area (Å²) in [5, 5.41) is 15.7. The molecule has 1 saturated heterocycles. The number of aliphatic hydroxyl groups is 1. The highest BCUT2D eigenvalue weighted by atomic mass is 31.2.